The maximum atomic E-state index is 12.9. The molecule has 0 aromatic heterocycles. The Hall–Kier alpha value is -1.94. The zero-order chi connectivity index (χ0) is 58.1. The summed E-state index contributed by atoms with van der Waals surface area (Å²) >= 11 is 0. The zero-order valence-electron chi connectivity index (χ0n) is 50.1. The van der Waals surface area contributed by atoms with Gasteiger partial charge in [-0.2, -0.15) is 0 Å². The molecule has 0 rings (SSSR count). The van der Waals surface area contributed by atoms with Gasteiger partial charge in [0.2, 0.25) is 0 Å². The van der Waals surface area contributed by atoms with Crippen molar-refractivity contribution in [2.45, 2.75) is 298 Å². The summed E-state index contributed by atoms with van der Waals surface area (Å²) in [5, 5.41) is 10.5. The molecule has 0 radical (unpaired) electrons. The molecule has 0 aliphatic carbocycles. The van der Waals surface area contributed by atoms with Crippen molar-refractivity contribution in [2.24, 2.45) is 17.8 Å². The van der Waals surface area contributed by atoms with E-state index in [4.69, 9.17) is 37.0 Å². The van der Waals surface area contributed by atoms with E-state index in [1.807, 2.05) is 0 Å². The Labute approximate surface area is 473 Å². The Morgan fingerprint density at radius 1 is 0.346 bits per heavy atom. The molecule has 0 aliphatic heterocycles. The molecule has 0 saturated carbocycles. The first-order chi connectivity index (χ1) is 37.2. The third-order valence-corrected chi connectivity index (χ3v) is 15.3. The van der Waals surface area contributed by atoms with Crippen LogP contribution in [0, 0.1) is 17.8 Å². The number of aliphatic hydroxyl groups is 1. The number of unbranched alkanes of at least 4 members (excludes halogenated alkanes) is 25. The van der Waals surface area contributed by atoms with Crippen molar-refractivity contribution >= 4 is 39.5 Å². The molecule has 3 N–H and O–H groups in total. The van der Waals surface area contributed by atoms with Crippen LogP contribution in [0.4, 0.5) is 0 Å². The first kappa shape index (κ1) is 76.1. The predicted molar refractivity (Wildman–Crippen MR) is 308 cm³/mol. The number of carbonyl (C=O) groups excluding carboxylic acids is 4. The molecule has 0 aromatic carbocycles. The highest BCUT2D eigenvalue weighted by Gasteiger charge is 2.30. The minimum Gasteiger partial charge on any atom is -0.462 e. The van der Waals surface area contributed by atoms with E-state index >= 15 is 0 Å². The molecule has 0 spiro atoms. The molecule has 17 nitrogen and oxygen atoms in total. The Morgan fingerprint density at radius 2 is 0.590 bits per heavy atom. The summed E-state index contributed by atoms with van der Waals surface area (Å²) in [7, 11) is -9.87. The van der Waals surface area contributed by atoms with Crippen LogP contribution < -0.4 is 0 Å². The third-order valence-electron chi connectivity index (χ3n) is 13.4. The lowest BCUT2D eigenvalue weighted by Crippen LogP contribution is -2.30. The van der Waals surface area contributed by atoms with E-state index in [9.17, 15) is 43.2 Å². The second-order valence-electron chi connectivity index (χ2n) is 22.8. The van der Waals surface area contributed by atoms with Crippen molar-refractivity contribution in [3.63, 3.8) is 0 Å². The van der Waals surface area contributed by atoms with Crippen molar-refractivity contribution < 1.29 is 80.2 Å². The van der Waals surface area contributed by atoms with Gasteiger partial charge < -0.3 is 33.8 Å². The lowest BCUT2D eigenvalue weighted by Gasteiger charge is -2.21. The third kappa shape index (κ3) is 53.4. The number of rotatable bonds is 57. The number of aliphatic hydroxyl groups excluding tert-OH is 1. The van der Waals surface area contributed by atoms with E-state index < -0.39 is 97.5 Å². The van der Waals surface area contributed by atoms with Gasteiger partial charge in [-0.05, 0) is 43.4 Å². The molecule has 5 atom stereocenters. The molecule has 0 fully saturated rings. The fraction of sp³-hybridized carbons (Fsp3) is 0.932. The van der Waals surface area contributed by atoms with Gasteiger partial charge in [0.15, 0.2) is 12.2 Å². The topological polar surface area (TPSA) is 237 Å². The SMILES string of the molecule is CCCCCCCCCCCC(=O)OC[C@H](COP(=O)(O)OC[C@H](O)COP(=O)(O)OC[C@@H](COC(=O)CCCCCCCCCC(C)C)OC(=O)CCCCCCCCCC(C)C)OC(=O)CCCCCCCCC(C)C. The molecule has 78 heavy (non-hydrogen) atoms. The highest BCUT2D eigenvalue weighted by molar-refractivity contribution is 7.47. The minimum absolute atomic E-state index is 0.101. The van der Waals surface area contributed by atoms with Crippen LogP contribution in [0.3, 0.4) is 0 Å². The van der Waals surface area contributed by atoms with Crippen LogP contribution in [0.2, 0.25) is 0 Å². The number of ether oxygens (including phenoxy) is 4. The van der Waals surface area contributed by atoms with Crippen LogP contribution in [0.25, 0.3) is 0 Å². The van der Waals surface area contributed by atoms with E-state index in [1.54, 1.807) is 0 Å². The maximum absolute atomic E-state index is 12.9. The van der Waals surface area contributed by atoms with Crippen molar-refractivity contribution in [1.82, 2.24) is 0 Å². The molecule has 0 bridgehead atoms. The normalized spacial score (nSPS) is 14.5. The fourth-order valence-electron chi connectivity index (χ4n) is 8.60. The average molecular weight is 1160 g/mol. The van der Waals surface area contributed by atoms with Crippen LogP contribution in [-0.4, -0.2) is 96.7 Å². The van der Waals surface area contributed by atoms with E-state index in [1.165, 1.54) is 83.5 Å². The molecule has 0 aromatic rings. The number of phosphoric ester groups is 2. The van der Waals surface area contributed by atoms with Gasteiger partial charge in [-0.25, -0.2) is 9.13 Å². The van der Waals surface area contributed by atoms with Gasteiger partial charge in [-0.3, -0.25) is 37.3 Å². The molecule has 19 heteroatoms. The second-order valence-corrected chi connectivity index (χ2v) is 25.7. The second kappa shape index (κ2) is 50.8. The molecular formula is C59H114O17P2. The first-order valence-corrected chi connectivity index (χ1v) is 33.8. The van der Waals surface area contributed by atoms with Gasteiger partial charge in [0.1, 0.15) is 19.3 Å². The van der Waals surface area contributed by atoms with E-state index in [2.05, 4.69) is 48.5 Å². The van der Waals surface area contributed by atoms with Crippen LogP contribution in [0.1, 0.15) is 280 Å². The molecule has 462 valence electrons. The van der Waals surface area contributed by atoms with Crippen LogP contribution >= 0.6 is 15.6 Å². The van der Waals surface area contributed by atoms with Gasteiger partial charge >= 0.3 is 39.5 Å². The highest BCUT2D eigenvalue weighted by atomic mass is 31.2. The van der Waals surface area contributed by atoms with Crippen LogP contribution in [0.5, 0.6) is 0 Å². The summed E-state index contributed by atoms with van der Waals surface area (Å²) < 4.78 is 67.7. The number of esters is 4. The van der Waals surface area contributed by atoms with Crippen LogP contribution in [-0.2, 0) is 65.4 Å². The number of hydrogen-bond donors (Lipinski definition) is 3. The maximum Gasteiger partial charge on any atom is 0.472 e. The summed E-state index contributed by atoms with van der Waals surface area (Å²) in [5.41, 5.74) is 0. The summed E-state index contributed by atoms with van der Waals surface area (Å²) in [6, 6.07) is 0. The molecule has 0 saturated heterocycles. The van der Waals surface area contributed by atoms with E-state index in [-0.39, 0.29) is 25.7 Å². The number of carbonyl (C=O) groups is 4. The van der Waals surface area contributed by atoms with Gasteiger partial charge in [0.25, 0.3) is 0 Å². The van der Waals surface area contributed by atoms with Crippen molar-refractivity contribution in [3.8, 4) is 0 Å². The summed E-state index contributed by atoms with van der Waals surface area (Å²) in [5.74, 6) is -0.0804. The fourth-order valence-corrected chi connectivity index (χ4v) is 10.2. The Morgan fingerprint density at radius 3 is 0.872 bits per heavy atom. The summed E-state index contributed by atoms with van der Waals surface area (Å²) in [6.07, 6.45) is 29.7. The quantitative estimate of drug-likeness (QED) is 0.0222. The van der Waals surface area contributed by atoms with E-state index in [0.29, 0.717) is 43.4 Å². The standard InChI is InChI=1S/C59H114O17P2/c1-8-9-10-11-12-13-18-26-33-40-56(61)69-47-55(76-59(64)43-36-29-22-21-25-32-39-52(6)7)49-74-78(67,68)72-45-53(60)44-71-77(65,66)73-48-54(75-58(63)42-35-28-20-15-17-24-31-38-51(4)5)46-70-57(62)41-34-27-19-14-16-23-30-37-50(2)3/h50-55,60H,8-49H2,1-7H3,(H,65,66)(H,67,68)/t53-,54-,55-/m1/s1. The lowest BCUT2D eigenvalue weighted by molar-refractivity contribution is -0.161. The summed E-state index contributed by atoms with van der Waals surface area (Å²) in [4.78, 5) is 71.8. The molecule has 0 amide bonds. The molecular weight excluding hydrogens is 1040 g/mol. The van der Waals surface area contributed by atoms with Crippen molar-refractivity contribution in [1.29, 1.82) is 0 Å². The van der Waals surface area contributed by atoms with Gasteiger partial charge in [-0.1, -0.05) is 228 Å². The van der Waals surface area contributed by atoms with Gasteiger partial charge in [0.05, 0.1) is 26.4 Å². The molecule has 0 heterocycles. The van der Waals surface area contributed by atoms with E-state index in [0.717, 1.165) is 96.3 Å². The van der Waals surface area contributed by atoms with Gasteiger partial charge in [0, 0.05) is 25.7 Å². The first-order valence-electron chi connectivity index (χ1n) is 30.8. The monoisotopic (exact) mass is 1160 g/mol. The highest BCUT2D eigenvalue weighted by Crippen LogP contribution is 2.45. The Kier molecular flexibility index (Phi) is 49.5. The number of phosphoric acid groups is 2. The minimum atomic E-state index is -4.94. The lowest BCUT2D eigenvalue weighted by atomic mass is 10.0. The number of hydrogen-bond acceptors (Lipinski definition) is 15. The molecule has 2 unspecified atom stereocenters. The Bertz CT molecular complexity index is 1560. The summed E-state index contributed by atoms with van der Waals surface area (Å²) in [6.45, 7) is 11.5. The average Bonchev–Trinajstić information content (AvgIpc) is 3.38. The predicted octanol–water partition coefficient (Wildman–Crippen LogP) is 15.6. The van der Waals surface area contributed by atoms with Crippen molar-refractivity contribution in [3.05, 3.63) is 0 Å². The van der Waals surface area contributed by atoms with Crippen molar-refractivity contribution in [2.75, 3.05) is 39.6 Å². The Balaban J connectivity index is 5.24. The largest absolute Gasteiger partial charge is 0.472 e. The molecule has 0 aliphatic rings. The smallest absolute Gasteiger partial charge is 0.462 e. The van der Waals surface area contributed by atoms with Crippen LogP contribution in [0.15, 0.2) is 0 Å². The van der Waals surface area contributed by atoms with Gasteiger partial charge in [-0.15, -0.1) is 0 Å². The zero-order valence-corrected chi connectivity index (χ0v) is 51.9.